The summed E-state index contributed by atoms with van der Waals surface area (Å²) < 4.78 is 44.2. The summed E-state index contributed by atoms with van der Waals surface area (Å²) in [5.74, 6) is -3.96. The maximum Gasteiger partial charge on any atom is 0.417 e. The Morgan fingerprint density at radius 1 is 1.00 bits per heavy atom. The molecule has 0 radical (unpaired) electrons. The molecule has 0 aromatic heterocycles. The molecule has 0 aliphatic rings. The Morgan fingerprint density at radius 2 is 1.57 bits per heavy atom. The van der Waals surface area contributed by atoms with Crippen LogP contribution in [-0.2, 0) is 11.0 Å². The maximum atomic E-state index is 13.0. The molecule has 120 valence electrons. The van der Waals surface area contributed by atoms with E-state index in [1.165, 1.54) is 24.3 Å². The van der Waals surface area contributed by atoms with Crippen LogP contribution in [0.2, 0.25) is 5.02 Å². The van der Waals surface area contributed by atoms with Crippen LogP contribution in [-0.4, -0.2) is 11.8 Å². The van der Waals surface area contributed by atoms with Crippen molar-refractivity contribution in [2.75, 3.05) is 0 Å². The average Bonchev–Trinajstić information content (AvgIpc) is 2.48. The molecule has 0 aliphatic heterocycles. The molecule has 4 nitrogen and oxygen atoms in total. The monoisotopic (exact) mass is 343 g/mol. The Hall–Kier alpha value is -2.54. The van der Waals surface area contributed by atoms with Crippen LogP contribution in [0.5, 0.6) is 11.5 Å². The van der Waals surface area contributed by atoms with Gasteiger partial charge in [-0.25, -0.2) is 0 Å². The van der Waals surface area contributed by atoms with Gasteiger partial charge in [0.25, 0.3) is 0 Å². The van der Waals surface area contributed by atoms with Crippen molar-refractivity contribution in [3.63, 3.8) is 0 Å². The van der Waals surface area contributed by atoms with Crippen LogP contribution >= 0.6 is 11.6 Å². The second-order valence-corrected chi connectivity index (χ2v) is 4.81. The van der Waals surface area contributed by atoms with Gasteiger partial charge in [-0.15, -0.1) is 0 Å². The van der Waals surface area contributed by atoms with Crippen LogP contribution in [0, 0.1) is 0 Å². The Morgan fingerprint density at radius 3 is 2.09 bits per heavy atom. The van der Waals surface area contributed by atoms with E-state index in [4.69, 9.17) is 16.3 Å². The zero-order valence-electron chi connectivity index (χ0n) is 11.2. The number of aliphatic carboxylic acids is 1. The van der Waals surface area contributed by atoms with E-state index in [2.05, 4.69) is 0 Å². The van der Waals surface area contributed by atoms with Gasteiger partial charge in [0.05, 0.1) is 5.56 Å². The minimum atomic E-state index is -4.93. The SMILES string of the molecule is O=C([O-])C(=O)c1ccc(Oc2ccc(Cl)cc2)cc1C(F)(F)F. The van der Waals surface area contributed by atoms with Gasteiger partial charge < -0.3 is 14.6 Å². The Kier molecular flexibility index (Phi) is 4.60. The molecule has 0 aliphatic carbocycles. The summed E-state index contributed by atoms with van der Waals surface area (Å²) in [7, 11) is 0. The van der Waals surface area contributed by atoms with E-state index in [1.54, 1.807) is 0 Å². The van der Waals surface area contributed by atoms with Crippen molar-refractivity contribution in [1.29, 1.82) is 0 Å². The number of Topliss-reactive ketones (excluding diaryl/α,β-unsaturated/α-hetero) is 1. The molecule has 0 unspecified atom stereocenters. The van der Waals surface area contributed by atoms with Crippen molar-refractivity contribution in [3.05, 3.63) is 58.6 Å². The summed E-state index contributed by atoms with van der Waals surface area (Å²) in [6.07, 6.45) is -4.93. The lowest BCUT2D eigenvalue weighted by Gasteiger charge is -2.14. The van der Waals surface area contributed by atoms with E-state index in [1.807, 2.05) is 0 Å². The predicted molar refractivity (Wildman–Crippen MR) is 72.3 cm³/mol. The van der Waals surface area contributed by atoms with Crippen molar-refractivity contribution >= 4 is 23.4 Å². The van der Waals surface area contributed by atoms with Gasteiger partial charge >= 0.3 is 6.18 Å². The van der Waals surface area contributed by atoms with Crippen molar-refractivity contribution in [2.45, 2.75) is 6.18 Å². The van der Waals surface area contributed by atoms with Gasteiger partial charge in [-0.05, 0) is 42.5 Å². The van der Waals surface area contributed by atoms with E-state index >= 15 is 0 Å². The Balaban J connectivity index is 2.42. The van der Waals surface area contributed by atoms with Crippen LogP contribution in [0.1, 0.15) is 15.9 Å². The fraction of sp³-hybridized carbons (Fsp3) is 0.0667. The van der Waals surface area contributed by atoms with Crippen LogP contribution in [0.3, 0.4) is 0 Å². The molecule has 0 saturated heterocycles. The minimum absolute atomic E-state index is 0.213. The molecular formula is C15H7ClF3O4-. The number of ether oxygens (including phenoxy) is 1. The first-order valence-electron chi connectivity index (χ1n) is 6.09. The Labute approximate surface area is 133 Å². The van der Waals surface area contributed by atoms with Crippen LogP contribution < -0.4 is 9.84 Å². The third-order valence-corrected chi connectivity index (χ3v) is 3.03. The van der Waals surface area contributed by atoms with Crippen LogP contribution in [0.4, 0.5) is 13.2 Å². The number of rotatable bonds is 4. The number of carbonyl (C=O) groups excluding carboxylic acids is 2. The molecule has 0 amide bonds. The smallest absolute Gasteiger partial charge is 0.417 e. The molecule has 0 heterocycles. The second kappa shape index (κ2) is 6.29. The highest BCUT2D eigenvalue weighted by atomic mass is 35.5. The van der Waals surface area contributed by atoms with Crippen molar-refractivity contribution in [1.82, 2.24) is 0 Å². The Bertz CT molecular complexity index is 754. The zero-order valence-corrected chi connectivity index (χ0v) is 11.9. The molecular weight excluding hydrogens is 337 g/mol. The lowest BCUT2D eigenvalue weighted by molar-refractivity contribution is -0.296. The molecule has 2 aromatic rings. The van der Waals surface area contributed by atoms with E-state index in [9.17, 15) is 27.9 Å². The van der Waals surface area contributed by atoms with E-state index in [0.717, 1.165) is 12.1 Å². The average molecular weight is 344 g/mol. The highest BCUT2D eigenvalue weighted by Gasteiger charge is 2.36. The number of hydrogen-bond acceptors (Lipinski definition) is 4. The molecule has 0 saturated carbocycles. The lowest BCUT2D eigenvalue weighted by Crippen LogP contribution is -2.33. The summed E-state index contributed by atoms with van der Waals surface area (Å²) in [5.41, 5.74) is -2.43. The summed E-state index contributed by atoms with van der Waals surface area (Å²) in [4.78, 5) is 21.8. The van der Waals surface area contributed by atoms with Gasteiger partial charge in [0, 0.05) is 10.6 Å². The van der Waals surface area contributed by atoms with Gasteiger partial charge in [0.15, 0.2) is 0 Å². The standard InChI is InChI=1S/C15H8ClF3O4/c16-8-1-3-9(4-2-8)23-10-5-6-11(13(20)14(21)22)12(7-10)15(17,18)19/h1-7H,(H,21,22)/p-1. The first-order valence-corrected chi connectivity index (χ1v) is 6.46. The lowest BCUT2D eigenvalue weighted by atomic mass is 10.0. The summed E-state index contributed by atoms with van der Waals surface area (Å²) >= 11 is 5.68. The second-order valence-electron chi connectivity index (χ2n) is 4.38. The maximum absolute atomic E-state index is 13.0. The van der Waals surface area contributed by atoms with Crippen LogP contribution in [0.25, 0.3) is 0 Å². The van der Waals surface area contributed by atoms with E-state index in [-0.39, 0.29) is 11.5 Å². The highest BCUT2D eigenvalue weighted by Crippen LogP contribution is 2.35. The van der Waals surface area contributed by atoms with Gasteiger partial charge in [-0.3, -0.25) is 4.79 Å². The third kappa shape index (κ3) is 4.01. The van der Waals surface area contributed by atoms with Gasteiger partial charge in [0.2, 0.25) is 5.78 Å². The van der Waals surface area contributed by atoms with Crippen molar-refractivity contribution < 1.29 is 32.6 Å². The predicted octanol–water partition coefficient (Wildman–Crippen LogP) is 3.08. The molecule has 0 spiro atoms. The summed E-state index contributed by atoms with van der Waals surface area (Å²) in [6.45, 7) is 0. The largest absolute Gasteiger partial charge is 0.541 e. The topological polar surface area (TPSA) is 66.4 Å². The molecule has 0 bridgehead atoms. The first kappa shape index (κ1) is 16.8. The van der Waals surface area contributed by atoms with Gasteiger partial charge in [0.1, 0.15) is 17.5 Å². The number of alkyl halides is 3. The number of halogens is 4. The molecule has 23 heavy (non-hydrogen) atoms. The molecule has 8 heteroatoms. The quantitative estimate of drug-likeness (QED) is 0.632. The molecule has 0 fully saturated rings. The first-order chi connectivity index (χ1) is 10.7. The molecule has 0 atom stereocenters. The number of ketones is 1. The van der Waals surface area contributed by atoms with Gasteiger partial charge in [-0.2, -0.15) is 13.2 Å². The number of benzene rings is 2. The highest BCUT2D eigenvalue weighted by molar-refractivity contribution is 6.39. The zero-order chi connectivity index (χ0) is 17.2. The normalized spacial score (nSPS) is 11.1. The minimum Gasteiger partial charge on any atom is -0.541 e. The van der Waals surface area contributed by atoms with Crippen molar-refractivity contribution in [2.24, 2.45) is 0 Å². The molecule has 0 N–H and O–H groups in total. The van der Waals surface area contributed by atoms with E-state index in [0.29, 0.717) is 11.1 Å². The number of carbonyl (C=O) groups is 2. The third-order valence-electron chi connectivity index (χ3n) is 2.78. The summed E-state index contributed by atoms with van der Waals surface area (Å²) in [6, 6.07) is 8.17. The summed E-state index contributed by atoms with van der Waals surface area (Å²) in [5, 5.41) is 10.9. The van der Waals surface area contributed by atoms with Crippen molar-refractivity contribution in [3.8, 4) is 11.5 Å². The number of carboxylic acid groups (broad SMARTS) is 1. The number of carboxylic acids is 1. The van der Waals surface area contributed by atoms with Gasteiger partial charge in [-0.1, -0.05) is 11.6 Å². The molecule has 2 aromatic carbocycles. The fourth-order valence-corrected chi connectivity index (χ4v) is 1.89. The fourth-order valence-electron chi connectivity index (χ4n) is 1.77. The van der Waals surface area contributed by atoms with E-state index < -0.39 is 29.1 Å². The molecule has 2 rings (SSSR count). The van der Waals surface area contributed by atoms with Crippen LogP contribution in [0.15, 0.2) is 42.5 Å². The number of hydrogen-bond donors (Lipinski definition) is 0.